The molecule has 9 heteroatoms. The van der Waals surface area contributed by atoms with E-state index in [4.69, 9.17) is 19.0 Å². The van der Waals surface area contributed by atoms with Gasteiger partial charge < -0.3 is 29.1 Å². The van der Waals surface area contributed by atoms with Crippen LogP contribution in [-0.2, 0) is 25.6 Å². The number of hydrogen-bond donors (Lipinski definition) is 2. The van der Waals surface area contributed by atoms with Crippen molar-refractivity contribution < 1.29 is 38.1 Å². The molecule has 0 spiro atoms. The number of nitrogens with one attached hydrogen (secondary N) is 1. The van der Waals surface area contributed by atoms with Crippen LogP contribution in [0.4, 0.5) is 4.79 Å². The van der Waals surface area contributed by atoms with Gasteiger partial charge in [-0.25, -0.2) is 14.4 Å². The monoisotopic (exact) mass is 343 g/mol. The van der Waals surface area contributed by atoms with E-state index in [2.05, 4.69) is 10.1 Å². The fourth-order valence-corrected chi connectivity index (χ4v) is 1.57. The summed E-state index contributed by atoms with van der Waals surface area (Å²) < 4.78 is 19.9. The molecule has 24 heavy (non-hydrogen) atoms. The molecule has 0 radical (unpaired) electrons. The first-order valence-corrected chi connectivity index (χ1v) is 7.09. The molecule has 0 unspecified atom stereocenters. The third-order valence-corrected chi connectivity index (χ3v) is 2.57. The molecular formula is C15H21NO8. The first-order chi connectivity index (χ1) is 11.1. The van der Waals surface area contributed by atoms with E-state index in [1.807, 2.05) is 0 Å². The fraction of sp³-hybridized carbons (Fsp3) is 0.533. The normalized spacial score (nSPS) is 12.3. The number of methoxy groups -OCH3 is 1. The minimum absolute atomic E-state index is 0.0118. The van der Waals surface area contributed by atoms with Crippen molar-refractivity contribution in [1.29, 1.82) is 0 Å². The van der Waals surface area contributed by atoms with Gasteiger partial charge in [-0.3, -0.25) is 0 Å². The average molecular weight is 343 g/mol. The van der Waals surface area contributed by atoms with E-state index in [-0.39, 0.29) is 19.0 Å². The van der Waals surface area contributed by atoms with Crippen molar-refractivity contribution in [3.8, 4) is 0 Å². The summed E-state index contributed by atoms with van der Waals surface area (Å²) >= 11 is 0. The zero-order chi connectivity index (χ0) is 18.3. The molecule has 1 aromatic rings. The highest BCUT2D eigenvalue weighted by atomic mass is 16.6. The van der Waals surface area contributed by atoms with E-state index in [1.54, 1.807) is 20.8 Å². The maximum Gasteiger partial charge on any atom is 0.408 e. The third-order valence-electron chi connectivity index (χ3n) is 2.57. The van der Waals surface area contributed by atoms with E-state index < -0.39 is 29.7 Å². The quantitative estimate of drug-likeness (QED) is 0.715. The lowest BCUT2D eigenvalue weighted by Crippen LogP contribution is -2.46. The van der Waals surface area contributed by atoms with Gasteiger partial charge in [0, 0.05) is 0 Å². The summed E-state index contributed by atoms with van der Waals surface area (Å²) in [4.78, 5) is 34.0. The second kappa shape index (κ2) is 8.34. The van der Waals surface area contributed by atoms with Crippen molar-refractivity contribution in [1.82, 2.24) is 5.32 Å². The molecule has 0 saturated carbocycles. The molecule has 1 heterocycles. The summed E-state index contributed by atoms with van der Waals surface area (Å²) in [5, 5.41) is 11.3. The maximum atomic E-state index is 11.6. The lowest BCUT2D eigenvalue weighted by Gasteiger charge is -2.21. The predicted octanol–water partition coefficient (Wildman–Crippen LogP) is 1.56. The van der Waals surface area contributed by atoms with Gasteiger partial charge in [0.25, 0.3) is 0 Å². The van der Waals surface area contributed by atoms with Crippen LogP contribution in [0.5, 0.6) is 0 Å². The van der Waals surface area contributed by atoms with Crippen LogP contribution in [0.15, 0.2) is 16.5 Å². The van der Waals surface area contributed by atoms with Crippen LogP contribution in [0.1, 0.15) is 37.1 Å². The Labute approximate surface area is 138 Å². The number of carbonyl (C=O) groups is 3. The van der Waals surface area contributed by atoms with Gasteiger partial charge in [-0.05, 0) is 32.9 Å². The van der Waals surface area contributed by atoms with E-state index in [0.717, 1.165) is 0 Å². The van der Waals surface area contributed by atoms with Gasteiger partial charge in [0.05, 0.1) is 13.7 Å². The van der Waals surface area contributed by atoms with Crippen LogP contribution < -0.4 is 5.32 Å². The summed E-state index contributed by atoms with van der Waals surface area (Å²) in [6.07, 6.45) is -0.857. The molecule has 0 aliphatic rings. The molecule has 0 bridgehead atoms. The van der Waals surface area contributed by atoms with E-state index in [0.29, 0.717) is 5.76 Å². The van der Waals surface area contributed by atoms with Crippen molar-refractivity contribution in [3.05, 3.63) is 23.7 Å². The maximum absolute atomic E-state index is 11.6. The second-order valence-electron chi connectivity index (χ2n) is 5.81. The number of esters is 1. The lowest BCUT2D eigenvalue weighted by molar-refractivity contribution is -0.141. The van der Waals surface area contributed by atoms with Gasteiger partial charge in [-0.1, -0.05) is 0 Å². The minimum Gasteiger partial charge on any atom is -0.480 e. The lowest BCUT2D eigenvalue weighted by atomic mass is 10.2. The Morgan fingerprint density at radius 2 is 1.96 bits per heavy atom. The molecule has 0 saturated heterocycles. The summed E-state index contributed by atoms with van der Waals surface area (Å²) in [7, 11) is 1.22. The Balaban J connectivity index is 2.49. The van der Waals surface area contributed by atoms with Crippen molar-refractivity contribution in [2.45, 2.75) is 39.0 Å². The van der Waals surface area contributed by atoms with Gasteiger partial charge in [0.2, 0.25) is 5.76 Å². The molecule has 0 fully saturated rings. The van der Waals surface area contributed by atoms with E-state index in [9.17, 15) is 14.4 Å². The van der Waals surface area contributed by atoms with Gasteiger partial charge in [-0.15, -0.1) is 0 Å². The number of hydrogen-bond acceptors (Lipinski definition) is 7. The molecule has 1 rings (SSSR count). The first-order valence-electron chi connectivity index (χ1n) is 7.09. The average Bonchev–Trinajstić information content (AvgIpc) is 2.92. The smallest absolute Gasteiger partial charge is 0.408 e. The summed E-state index contributed by atoms with van der Waals surface area (Å²) in [5.74, 6) is -1.57. The predicted molar refractivity (Wildman–Crippen MR) is 80.5 cm³/mol. The minimum atomic E-state index is -1.28. The van der Waals surface area contributed by atoms with Crippen LogP contribution in [-0.4, -0.2) is 48.5 Å². The first kappa shape index (κ1) is 19.5. The Morgan fingerprint density at radius 1 is 1.29 bits per heavy atom. The van der Waals surface area contributed by atoms with E-state index in [1.165, 1.54) is 19.2 Å². The highest BCUT2D eigenvalue weighted by Gasteiger charge is 2.24. The molecule has 1 aromatic heterocycles. The number of rotatable bonds is 7. The van der Waals surface area contributed by atoms with Gasteiger partial charge in [0.1, 0.15) is 18.0 Å². The SMILES string of the molecule is COC(=O)c1ccc(COC[C@H](NC(=O)OC(C)(C)C)C(=O)O)o1. The van der Waals surface area contributed by atoms with Gasteiger partial charge in [0.15, 0.2) is 6.04 Å². The van der Waals surface area contributed by atoms with Crippen molar-refractivity contribution in [2.75, 3.05) is 13.7 Å². The number of carboxylic acids is 1. The largest absolute Gasteiger partial charge is 0.480 e. The van der Waals surface area contributed by atoms with Crippen molar-refractivity contribution in [2.24, 2.45) is 0 Å². The number of furan rings is 1. The molecule has 134 valence electrons. The van der Waals surface area contributed by atoms with Gasteiger partial charge >= 0.3 is 18.0 Å². The summed E-state index contributed by atoms with van der Waals surface area (Å²) in [6, 6.07) is 1.64. The highest BCUT2D eigenvalue weighted by Crippen LogP contribution is 2.11. The Hall–Kier alpha value is -2.55. The zero-order valence-corrected chi connectivity index (χ0v) is 14.0. The number of carbonyl (C=O) groups excluding carboxylic acids is 2. The summed E-state index contributed by atoms with van der Waals surface area (Å²) in [6.45, 7) is 4.61. The molecular weight excluding hydrogens is 322 g/mol. The molecule has 0 aromatic carbocycles. The van der Waals surface area contributed by atoms with Crippen LogP contribution in [0.25, 0.3) is 0 Å². The molecule has 2 N–H and O–H groups in total. The molecule has 9 nitrogen and oxygen atoms in total. The van der Waals surface area contributed by atoms with Crippen LogP contribution in [0.2, 0.25) is 0 Å². The Bertz CT molecular complexity index is 587. The van der Waals surface area contributed by atoms with Crippen molar-refractivity contribution >= 4 is 18.0 Å². The summed E-state index contributed by atoms with van der Waals surface area (Å²) in [5.41, 5.74) is -0.744. The highest BCUT2D eigenvalue weighted by molar-refractivity contribution is 5.86. The topological polar surface area (TPSA) is 124 Å². The number of ether oxygens (including phenoxy) is 3. The number of amides is 1. The van der Waals surface area contributed by atoms with E-state index >= 15 is 0 Å². The Morgan fingerprint density at radius 3 is 2.50 bits per heavy atom. The fourth-order valence-electron chi connectivity index (χ4n) is 1.57. The van der Waals surface area contributed by atoms with Crippen molar-refractivity contribution in [3.63, 3.8) is 0 Å². The van der Waals surface area contributed by atoms with Gasteiger partial charge in [-0.2, -0.15) is 0 Å². The third kappa shape index (κ3) is 6.69. The number of alkyl carbamates (subject to hydrolysis) is 1. The molecule has 0 aliphatic heterocycles. The van der Waals surface area contributed by atoms with Crippen LogP contribution in [0, 0.1) is 0 Å². The standard InChI is InChI=1S/C15H21NO8/c1-15(2,3)24-14(20)16-10(12(17)18)8-22-7-9-5-6-11(23-9)13(19)21-4/h5-6,10H,7-8H2,1-4H3,(H,16,20)(H,17,18)/t10-/m0/s1. The van der Waals surface area contributed by atoms with Crippen LogP contribution >= 0.6 is 0 Å². The number of carboxylic acid groups (broad SMARTS) is 1. The molecule has 1 amide bonds. The number of aliphatic carboxylic acids is 1. The molecule has 0 aliphatic carbocycles. The van der Waals surface area contributed by atoms with Crippen LogP contribution in [0.3, 0.4) is 0 Å². The Kier molecular flexibility index (Phi) is 6.78. The molecule has 1 atom stereocenters. The zero-order valence-electron chi connectivity index (χ0n) is 14.0. The second-order valence-corrected chi connectivity index (χ2v) is 5.81.